The minimum absolute atomic E-state index is 0.203. The van der Waals surface area contributed by atoms with Gasteiger partial charge in [0.1, 0.15) is 0 Å². The first-order valence-corrected chi connectivity index (χ1v) is 6.44. The maximum Gasteiger partial charge on any atom is 0.414 e. The highest BCUT2D eigenvalue weighted by molar-refractivity contribution is 7.80. The standard InChI is InChI=1S/C11H14N2S.C2H2O4/c1-7-5-8-3-2-4-9(11(12)14)10(8)13-6-7;3-1(4)2(5)6/h5-6,9H,2-4H2,1H3,(H2,12,14);(H,3,4)(H,5,6). The van der Waals surface area contributed by atoms with Crippen LogP contribution in [0.2, 0.25) is 0 Å². The van der Waals surface area contributed by atoms with Crippen LogP contribution in [0, 0.1) is 6.92 Å². The lowest BCUT2D eigenvalue weighted by Crippen LogP contribution is -2.24. The Bertz CT molecular complexity index is 533. The van der Waals surface area contributed by atoms with Gasteiger partial charge in [0.2, 0.25) is 0 Å². The summed E-state index contributed by atoms with van der Waals surface area (Å²) in [5.74, 6) is -3.45. The molecule has 6 nitrogen and oxygen atoms in total. The summed E-state index contributed by atoms with van der Waals surface area (Å²) in [5.41, 5.74) is 9.36. The summed E-state index contributed by atoms with van der Waals surface area (Å²) in [6, 6.07) is 2.20. The highest BCUT2D eigenvalue weighted by Gasteiger charge is 2.23. The molecule has 0 spiro atoms. The topological polar surface area (TPSA) is 114 Å². The van der Waals surface area contributed by atoms with E-state index in [1.165, 1.54) is 17.5 Å². The molecule has 20 heavy (non-hydrogen) atoms. The molecule has 0 bridgehead atoms. The van der Waals surface area contributed by atoms with Crippen molar-refractivity contribution in [2.45, 2.75) is 32.1 Å². The Hall–Kier alpha value is -2.02. The number of carbonyl (C=O) groups is 2. The lowest BCUT2D eigenvalue weighted by molar-refractivity contribution is -0.159. The predicted octanol–water partition coefficient (Wildman–Crippen LogP) is 1.25. The lowest BCUT2D eigenvalue weighted by atomic mass is 9.86. The quantitative estimate of drug-likeness (QED) is 0.528. The van der Waals surface area contributed by atoms with Gasteiger partial charge in [0, 0.05) is 6.20 Å². The molecule has 4 N–H and O–H groups in total. The molecule has 1 aromatic heterocycles. The van der Waals surface area contributed by atoms with Gasteiger partial charge in [-0.3, -0.25) is 4.98 Å². The van der Waals surface area contributed by atoms with Crippen molar-refractivity contribution in [3.05, 3.63) is 29.1 Å². The zero-order chi connectivity index (χ0) is 15.3. The fourth-order valence-electron chi connectivity index (χ4n) is 2.06. The fourth-order valence-corrected chi connectivity index (χ4v) is 2.29. The maximum absolute atomic E-state index is 9.10. The van der Waals surface area contributed by atoms with Gasteiger partial charge >= 0.3 is 11.9 Å². The van der Waals surface area contributed by atoms with Crippen LogP contribution in [0.1, 0.15) is 35.6 Å². The minimum atomic E-state index is -1.82. The molecule has 0 saturated carbocycles. The molecule has 0 saturated heterocycles. The van der Waals surface area contributed by atoms with Crippen molar-refractivity contribution in [1.29, 1.82) is 0 Å². The number of aliphatic carboxylic acids is 2. The number of rotatable bonds is 1. The number of hydrogen-bond donors (Lipinski definition) is 3. The van der Waals surface area contributed by atoms with Crippen LogP contribution < -0.4 is 5.73 Å². The number of nitrogens with two attached hydrogens (primary N) is 1. The van der Waals surface area contributed by atoms with Crippen LogP contribution >= 0.6 is 12.2 Å². The number of pyridine rings is 1. The van der Waals surface area contributed by atoms with Gasteiger partial charge in [-0.15, -0.1) is 0 Å². The third kappa shape index (κ3) is 4.27. The van der Waals surface area contributed by atoms with Crippen LogP contribution in [0.5, 0.6) is 0 Å². The molecule has 2 rings (SSSR count). The van der Waals surface area contributed by atoms with E-state index in [1.807, 2.05) is 6.20 Å². The SMILES string of the molecule is Cc1cnc2c(c1)CCCC2C(N)=S.O=C(O)C(=O)O. The minimum Gasteiger partial charge on any atom is -0.473 e. The predicted molar refractivity (Wildman–Crippen MR) is 76.7 cm³/mol. The fraction of sp³-hybridized carbons (Fsp3) is 0.385. The normalized spacial score (nSPS) is 16.4. The number of aromatic nitrogens is 1. The summed E-state index contributed by atoms with van der Waals surface area (Å²) >= 11 is 5.06. The lowest BCUT2D eigenvalue weighted by Gasteiger charge is -2.23. The number of carboxylic acid groups (broad SMARTS) is 2. The van der Waals surface area contributed by atoms with Crippen molar-refractivity contribution in [2.24, 2.45) is 5.73 Å². The zero-order valence-corrected chi connectivity index (χ0v) is 11.8. The van der Waals surface area contributed by atoms with E-state index in [-0.39, 0.29) is 5.92 Å². The average molecular weight is 296 g/mol. The van der Waals surface area contributed by atoms with Crippen molar-refractivity contribution in [2.75, 3.05) is 0 Å². The van der Waals surface area contributed by atoms with E-state index in [0.29, 0.717) is 4.99 Å². The van der Waals surface area contributed by atoms with E-state index in [1.54, 1.807) is 0 Å². The summed E-state index contributed by atoms with van der Waals surface area (Å²) in [4.78, 5) is 23.2. The molecule has 1 unspecified atom stereocenters. The molecule has 0 aliphatic heterocycles. The first kappa shape index (κ1) is 16.0. The maximum atomic E-state index is 9.10. The first-order valence-electron chi connectivity index (χ1n) is 6.04. The van der Waals surface area contributed by atoms with Crippen molar-refractivity contribution < 1.29 is 19.8 Å². The molecule has 0 aromatic carbocycles. The Kier molecular flexibility index (Phi) is 5.57. The first-order chi connectivity index (χ1) is 9.32. The van der Waals surface area contributed by atoms with Crippen LogP contribution in [-0.4, -0.2) is 32.1 Å². The highest BCUT2D eigenvalue weighted by Crippen LogP contribution is 2.30. The van der Waals surface area contributed by atoms with Gasteiger partial charge in [0.15, 0.2) is 0 Å². The molecule has 1 aliphatic rings. The summed E-state index contributed by atoms with van der Waals surface area (Å²) < 4.78 is 0. The number of thiocarbonyl (C=S) groups is 1. The summed E-state index contributed by atoms with van der Waals surface area (Å²) in [5, 5.41) is 14.8. The van der Waals surface area contributed by atoms with Crippen molar-refractivity contribution in [1.82, 2.24) is 4.98 Å². The molecule has 108 valence electrons. The number of hydrogen-bond acceptors (Lipinski definition) is 4. The molecule has 0 fully saturated rings. The highest BCUT2D eigenvalue weighted by atomic mass is 32.1. The van der Waals surface area contributed by atoms with E-state index in [4.69, 9.17) is 37.8 Å². The van der Waals surface area contributed by atoms with Gasteiger partial charge in [-0.25, -0.2) is 9.59 Å². The Morgan fingerprint density at radius 1 is 1.40 bits per heavy atom. The van der Waals surface area contributed by atoms with Crippen LogP contribution in [0.25, 0.3) is 0 Å². The van der Waals surface area contributed by atoms with Gasteiger partial charge in [-0.1, -0.05) is 18.3 Å². The second-order valence-electron chi connectivity index (χ2n) is 4.51. The van der Waals surface area contributed by atoms with Crippen molar-refractivity contribution >= 4 is 29.1 Å². The molecular weight excluding hydrogens is 280 g/mol. The second kappa shape index (κ2) is 6.95. The smallest absolute Gasteiger partial charge is 0.414 e. The largest absolute Gasteiger partial charge is 0.473 e. The van der Waals surface area contributed by atoms with E-state index in [9.17, 15) is 0 Å². The summed E-state index contributed by atoms with van der Waals surface area (Å²) in [6.07, 6.45) is 5.23. The Balaban J connectivity index is 0.000000286. The van der Waals surface area contributed by atoms with Crippen LogP contribution in [0.15, 0.2) is 12.3 Å². The molecular formula is C13H16N2O4S. The third-order valence-corrected chi connectivity index (χ3v) is 3.22. The van der Waals surface area contributed by atoms with E-state index >= 15 is 0 Å². The van der Waals surface area contributed by atoms with E-state index in [0.717, 1.165) is 18.5 Å². The van der Waals surface area contributed by atoms with E-state index in [2.05, 4.69) is 18.0 Å². The monoisotopic (exact) mass is 296 g/mol. The van der Waals surface area contributed by atoms with Crippen LogP contribution in [0.3, 0.4) is 0 Å². The number of fused-ring (bicyclic) bond motifs is 1. The number of carboxylic acids is 2. The van der Waals surface area contributed by atoms with E-state index < -0.39 is 11.9 Å². The van der Waals surface area contributed by atoms with Gasteiger partial charge in [0.25, 0.3) is 0 Å². The number of nitrogens with zero attached hydrogens (tertiary/aromatic N) is 1. The molecule has 1 heterocycles. The molecule has 1 aliphatic carbocycles. The third-order valence-electron chi connectivity index (χ3n) is 2.93. The van der Waals surface area contributed by atoms with Gasteiger partial charge < -0.3 is 15.9 Å². The zero-order valence-electron chi connectivity index (χ0n) is 11.0. The number of aryl methyl sites for hydroxylation is 2. The summed E-state index contributed by atoms with van der Waals surface area (Å²) in [7, 11) is 0. The average Bonchev–Trinajstić information content (AvgIpc) is 2.38. The molecule has 1 atom stereocenters. The second-order valence-corrected chi connectivity index (χ2v) is 4.99. The van der Waals surface area contributed by atoms with Gasteiger partial charge in [-0.2, -0.15) is 0 Å². The molecule has 1 aromatic rings. The van der Waals surface area contributed by atoms with Crippen LogP contribution in [-0.2, 0) is 16.0 Å². The van der Waals surface area contributed by atoms with Gasteiger partial charge in [0.05, 0.1) is 16.6 Å². The van der Waals surface area contributed by atoms with Crippen molar-refractivity contribution in [3.63, 3.8) is 0 Å². The summed E-state index contributed by atoms with van der Waals surface area (Å²) in [6.45, 7) is 2.07. The van der Waals surface area contributed by atoms with Crippen LogP contribution in [0.4, 0.5) is 0 Å². The van der Waals surface area contributed by atoms with Crippen molar-refractivity contribution in [3.8, 4) is 0 Å². The Morgan fingerprint density at radius 3 is 2.50 bits per heavy atom. The Labute approximate surface area is 121 Å². The molecule has 0 radical (unpaired) electrons. The molecule has 7 heteroatoms. The van der Waals surface area contributed by atoms with Gasteiger partial charge in [-0.05, 0) is 37.3 Å². The Morgan fingerprint density at radius 2 is 2.00 bits per heavy atom. The molecule has 0 amide bonds.